The van der Waals surface area contributed by atoms with E-state index in [0.29, 0.717) is 4.47 Å². The van der Waals surface area contributed by atoms with Crippen molar-refractivity contribution >= 4 is 75.7 Å². The first-order chi connectivity index (χ1) is 29.2. The minimum atomic E-state index is -1.32. The lowest BCUT2D eigenvalue weighted by Crippen LogP contribution is -2.14. The fourth-order valence-corrected chi connectivity index (χ4v) is 6.59. The predicted molar refractivity (Wildman–Crippen MR) is 234 cm³/mol. The van der Waals surface area contributed by atoms with Crippen LogP contribution in [-0.2, 0) is 13.2 Å². The number of benzene rings is 6. The molecule has 6 rings (SSSR count). The third kappa shape index (κ3) is 13.4. The van der Waals surface area contributed by atoms with Crippen molar-refractivity contribution in [1.29, 1.82) is 0 Å². The van der Waals surface area contributed by atoms with Crippen LogP contribution in [0.4, 0.5) is 17.6 Å². The lowest BCUT2D eigenvalue weighted by Gasteiger charge is -2.14. The van der Waals surface area contributed by atoms with Gasteiger partial charge in [-0.15, -0.1) is 0 Å². The van der Waals surface area contributed by atoms with E-state index in [1.54, 1.807) is 19.9 Å². The molecule has 0 aliphatic rings. The van der Waals surface area contributed by atoms with Gasteiger partial charge in [-0.1, -0.05) is 60.7 Å². The average Bonchev–Trinajstić information content (AvgIpc) is 3.24. The number of aromatic carboxylic acids is 1. The van der Waals surface area contributed by atoms with E-state index in [4.69, 9.17) is 28.8 Å². The molecule has 0 heterocycles. The summed E-state index contributed by atoms with van der Waals surface area (Å²) in [5.41, 5.74) is 0.977. The van der Waals surface area contributed by atoms with E-state index in [1.807, 2.05) is 60.7 Å². The fraction of sp³-hybridized carbons (Fsp3) is 0.136. The van der Waals surface area contributed by atoms with Gasteiger partial charge in [-0.05, 0) is 137 Å². The molecule has 9 nitrogen and oxygen atoms in total. The van der Waals surface area contributed by atoms with Crippen LogP contribution in [0.2, 0.25) is 0 Å². The first kappa shape index (κ1) is 48.6. The highest BCUT2D eigenvalue weighted by Crippen LogP contribution is 2.37. The summed E-state index contributed by atoms with van der Waals surface area (Å²) in [6.45, 7) is 4.28. The summed E-state index contributed by atoms with van der Waals surface area (Å²) in [6, 6.07) is 30.2. The molecular formula is C44H34Br4F4O9. The molecule has 2 N–H and O–H groups in total. The Morgan fingerprint density at radius 1 is 0.508 bits per heavy atom. The minimum Gasteiger partial charge on any atom is -0.504 e. The number of carbonyl (C=O) groups excluding carboxylic acids is 1. The molecule has 0 amide bonds. The van der Waals surface area contributed by atoms with Crippen LogP contribution in [0.3, 0.4) is 0 Å². The van der Waals surface area contributed by atoms with E-state index < -0.39 is 57.8 Å². The van der Waals surface area contributed by atoms with Gasteiger partial charge in [0.15, 0.2) is 46.1 Å². The van der Waals surface area contributed by atoms with Crippen LogP contribution in [0, 0.1) is 23.3 Å². The number of phenols is 1. The Morgan fingerprint density at radius 3 is 1.36 bits per heavy atom. The number of phenolic OH excluding ortho intramolecular Hbond substituents is 1. The maximum atomic E-state index is 15.0. The first-order valence-corrected chi connectivity index (χ1v) is 21.0. The van der Waals surface area contributed by atoms with Crippen molar-refractivity contribution in [3.05, 3.63) is 173 Å². The van der Waals surface area contributed by atoms with Crippen LogP contribution in [0.25, 0.3) is 0 Å². The minimum absolute atomic E-state index is 0.0366. The number of rotatable bonds is 13. The maximum Gasteiger partial charge on any atom is 0.347 e. The molecule has 0 saturated carbocycles. The topological polar surface area (TPSA) is 121 Å². The summed E-state index contributed by atoms with van der Waals surface area (Å²) >= 11 is 12.3. The third-order valence-corrected chi connectivity index (χ3v) is 10.4. The highest BCUT2D eigenvalue weighted by Gasteiger charge is 2.25. The second-order valence-corrected chi connectivity index (χ2v) is 15.4. The van der Waals surface area contributed by atoms with Gasteiger partial charge in [0.2, 0.25) is 11.6 Å². The van der Waals surface area contributed by atoms with Crippen molar-refractivity contribution < 1.29 is 61.0 Å². The molecule has 320 valence electrons. The number of carbonyl (C=O) groups is 2. The number of carboxylic acid groups (broad SMARTS) is 1. The van der Waals surface area contributed by atoms with Gasteiger partial charge in [-0.25, -0.2) is 18.4 Å². The highest BCUT2D eigenvalue weighted by molar-refractivity contribution is 9.11. The zero-order valence-electron chi connectivity index (χ0n) is 32.0. The molecule has 0 aliphatic heterocycles. The molecule has 0 fully saturated rings. The van der Waals surface area contributed by atoms with Gasteiger partial charge in [-0.3, -0.25) is 0 Å². The van der Waals surface area contributed by atoms with Gasteiger partial charge < -0.3 is 33.9 Å². The lowest BCUT2D eigenvalue weighted by atomic mass is 10.2. The number of carboxylic acids is 1. The average molecular weight is 1100 g/mol. The van der Waals surface area contributed by atoms with Crippen molar-refractivity contribution in [2.75, 3.05) is 13.2 Å². The normalized spacial score (nSPS) is 10.3. The van der Waals surface area contributed by atoms with E-state index >= 15 is 0 Å². The van der Waals surface area contributed by atoms with Gasteiger partial charge in [0, 0.05) is 8.95 Å². The first-order valence-electron chi connectivity index (χ1n) is 17.8. The Balaban J connectivity index is 0.000000223. The Morgan fingerprint density at radius 2 is 0.902 bits per heavy atom. The van der Waals surface area contributed by atoms with E-state index in [1.165, 1.54) is 42.5 Å². The highest BCUT2D eigenvalue weighted by atomic mass is 79.9. The zero-order valence-corrected chi connectivity index (χ0v) is 38.3. The zero-order chi connectivity index (χ0) is 44.6. The number of aromatic hydroxyl groups is 1. The Hall–Kier alpha value is -5.10. The number of hydrogen-bond acceptors (Lipinski definition) is 8. The SMILES string of the molecule is CCOc1ccc(Br)c(C(=O)O)c1F.CCOc1ccc(Br)c(C(=O)Oc2c(Br)ccc(OCc3ccccc3)c2F)c1F.Oc1c(Br)ccc(OCc2ccccc2)c1F. The molecule has 6 aromatic rings. The number of hydrogen-bond donors (Lipinski definition) is 2. The molecule has 0 saturated heterocycles. The van der Waals surface area contributed by atoms with Crippen LogP contribution in [0.1, 0.15) is 45.7 Å². The molecule has 0 radical (unpaired) electrons. The molecule has 17 heteroatoms. The lowest BCUT2D eigenvalue weighted by molar-refractivity contribution is 0.0686. The smallest absolute Gasteiger partial charge is 0.347 e. The van der Waals surface area contributed by atoms with Crippen LogP contribution in [0.5, 0.6) is 34.5 Å². The van der Waals surface area contributed by atoms with Gasteiger partial charge in [0.25, 0.3) is 0 Å². The summed E-state index contributed by atoms with van der Waals surface area (Å²) in [4.78, 5) is 23.3. The fourth-order valence-electron chi connectivity index (χ4n) is 4.95. The predicted octanol–water partition coefficient (Wildman–Crippen LogP) is 13.2. The van der Waals surface area contributed by atoms with E-state index in [0.717, 1.165) is 11.1 Å². The van der Waals surface area contributed by atoms with Crippen molar-refractivity contribution in [3.8, 4) is 34.5 Å². The number of halogens is 8. The summed E-state index contributed by atoms with van der Waals surface area (Å²) < 4.78 is 83.6. The summed E-state index contributed by atoms with van der Waals surface area (Å²) in [6.07, 6.45) is 0. The summed E-state index contributed by atoms with van der Waals surface area (Å²) in [7, 11) is 0. The molecule has 0 aromatic heterocycles. The van der Waals surface area contributed by atoms with Crippen molar-refractivity contribution in [1.82, 2.24) is 0 Å². The molecular weight excluding hydrogens is 1070 g/mol. The van der Waals surface area contributed by atoms with Crippen LogP contribution >= 0.6 is 63.7 Å². The second-order valence-electron chi connectivity index (χ2n) is 12.0. The van der Waals surface area contributed by atoms with E-state index in [2.05, 4.69) is 63.7 Å². The van der Waals surface area contributed by atoms with Crippen molar-refractivity contribution in [2.24, 2.45) is 0 Å². The second kappa shape index (κ2) is 23.8. The molecule has 0 bridgehead atoms. The van der Waals surface area contributed by atoms with Crippen LogP contribution in [-0.4, -0.2) is 35.4 Å². The summed E-state index contributed by atoms with van der Waals surface area (Å²) in [5, 5.41) is 18.1. The van der Waals surface area contributed by atoms with Crippen molar-refractivity contribution in [2.45, 2.75) is 27.1 Å². The maximum absolute atomic E-state index is 15.0. The monoisotopic (exact) mass is 1100 g/mol. The number of esters is 1. The van der Waals surface area contributed by atoms with E-state index in [-0.39, 0.29) is 62.8 Å². The Bertz CT molecular complexity index is 2440. The van der Waals surface area contributed by atoms with Gasteiger partial charge in [0.1, 0.15) is 24.3 Å². The van der Waals surface area contributed by atoms with E-state index in [9.17, 15) is 32.3 Å². The Labute approximate surface area is 381 Å². The Kier molecular flexibility index (Phi) is 18.9. The van der Waals surface area contributed by atoms with Gasteiger partial charge >= 0.3 is 11.9 Å². The molecule has 0 spiro atoms. The molecule has 0 aliphatic carbocycles. The number of ether oxygens (including phenoxy) is 5. The molecule has 0 unspecified atom stereocenters. The molecule has 6 aromatic carbocycles. The van der Waals surface area contributed by atoms with Gasteiger partial charge in [0.05, 0.1) is 22.2 Å². The quantitative estimate of drug-likeness (QED) is 0.0662. The molecule has 0 atom stereocenters. The van der Waals surface area contributed by atoms with Crippen molar-refractivity contribution in [3.63, 3.8) is 0 Å². The largest absolute Gasteiger partial charge is 0.504 e. The van der Waals surface area contributed by atoms with Crippen LogP contribution < -0.4 is 23.7 Å². The van der Waals surface area contributed by atoms with Crippen LogP contribution in [0.15, 0.2) is 127 Å². The summed E-state index contributed by atoms with van der Waals surface area (Å²) in [5.74, 6) is -6.85. The standard InChI is InChI=1S/C22H16Br2F2O4.C13H10BrFO2.C9H8BrFO3/c1-2-28-16-10-8-14(23)18(19(16)25)22(27)30-21-15(24)9-11-17(20(21)26)29-12-13-6-4-3-5-7-13;14-10-6-7-11(12(15)13(10)16)17-8-9-4-2-1-3-5-9;1-2-14-6-4-3-5(10)7(8(6)11)9(12)13/h3-11H,2,12H2,1H3;1-7,16H,8H2;3-4H,2H2,1H3,(H,12,13). The third-order valence-electron chi connectivity index (χ3n) is 7.84. The molecule has 61 heavy (non-hydrogen) atoms. The van der Waals surface area contributed by atoms with Gasteiger partial charge in [-0.2, -0.15) is 8.78 Å².